The van der Waals surface area contributed by atoms with Crippen LogP contribution in [0.4, 0.5) is 29.5 Å². The number of anilines is 2. The zero-order valence-electron chi connectivity index (χ0n) is 18.3. The number of alkyl halides is 3. The predicted molar refractivity (Wildman–Crippen MR) is 128 cm³/mol. The monoisotopic (exact) mass is 515 g/mol. The van der Waals surface area contributed by atoms with Crippen molar-refractivity contribution in [3.8, 4) is 23.3 Å². The van der Waals surface area contributed by atoms with Gasteiger partial charge in [-0.3, -0.25) is 0 Å². The topological polar surface area (TPSA) is 101 Å². The van der Waals surface area contributed by atoms with E-state index in [-0.39, 0.29) is 29.6 Å². The third-order valence-corrected chi connectivity index (χ3v) is 5.13. The summed E-state index contributed by atoms with van der Waals surface area (Å²) in [7, 11) is 0. The van der Waals surface area contributed by atoms with Gasteiger partial charge in [0.1, 0.15) is 23.3 Å². The zero-order valence-corrected chi connectivity index (χ0v) is 19.1. The van der Waals surface area contributed by atoms with E-state index in [0.29, 0.717) is 22.5 Å². The normalized spacial score (nSPS) is 11.0. The minimum Gasteiger partial charge on any atom is -0.465 e. The number of fused-ring (bicyclic) bond motifs is 1. The fourth-order valence-corrected chi connectivity index (χ4v) is 3.46. The highest BCUT2D eigenvalue weighted by atomic mass is 35.5. The number of rotatable bonds is 6. The number of hydrogen-bond acceptors (Lipinski definition) is 5. The molecule has 0 aliphatic heterocycles. The maximum atomic E-state index is 13.0. The first-order valence-corrected chi connectivity index (χ1v) is 10.7. The summed E-state index contributed by atoms with van der Waals surface area (Å²) in [6.45, 7) is 0.279. The van der Waals surface area contributed by atoms with E-state index in [4.69, 9.17) is 21.4 Å². The van der Waals surface area contributed by atoms with Gasteiger partial charge in [-0.05, 0) is 42.5 Å². The first-order valence-electron chi connectivity index (χ1n) is 10.3. The Morgan fingerprint density at radius 3 is 2.72 bits per heavy atom. The summed E-state index contributed by atoms with van der Waals surface area (Å²) >= 11 is 6.33. The van der Waals surface area contributed by atoms with Crippen LogP contribution in [0.15, 0.2) is 61.1 Å². The molecule has 2 heterocycles. The molecular weight excluding hydrogens is 499 g/mol. The van der Waals surface area contributed by atoms with Gasteiger partial charge >= 0.3 is 12.3 Å². The summed E-state index contributed by atoms with van der Waals surface area (Å²) < 4.78 is 46.2. The smallest absolute Gasteiger partial charge is 0.416 e. The van der Waals surface area contributed by atoms with Gasteiger partial charge in [0.25, 0.3) is 0 Å². The molecule has 0 atom stereocenters. The van der Waals surface area contributed by atoms with Crippen molar-refractivity contribution in [2.45, 2.75) is 12.7 Å². The summed E-state index contributed by atoms with van der Waals surface area (Å²) in [5.41, 5.74) is 1.06. The highest BCUT2D eigenvalue weighted by molar-refractivity contribution is 6.32. The lowest BCUT2D eigenvalue weighted by Gasteiger charge is -2.13. The van der Waals surface area contributed by atoms with Crippen molar-refractivity contribution in [3.63, 3.8) is 0 Å². The Labute approximate surface area is 207 Å². The van der Waals surface area contributed by atoms with E-state index in [1.54, 1.807) is 29.0 Å². The molecule has 0 aliphatic carbocycles. The van der Waals surface area contributed by atoms with Crippen molar-refractivity contribution < 1.29 is 27.8 Å². The van der Waals surface area contributed by atoms with E-state index in [2.05, 4.69) is 32.4 Å². The van der Waals surface area contributed by atoms with Gasteiger partial charge in [0.05, 0.1) is 29.2 Å². The highest BCUT2D eigenvalue weighted by Gasteiger charge is 2.30. The van der Waals surface area contributed by atoms with Crippen LogP contribution in [0.25, 0.3) is 11.0 Å². The molecule has 8 nitrogen and oxygen atoms in total. The number of hydrogen-bond donors (Lipinski definition) is 3. The quantitative estimate of drug-likeness (QED) is 0.276. The summed E-state index contributed by atoms with van der Waals surface area (Å²) in [5.74, 6) is 6.25. The van der Waals surface area contributed by atoms with Crippen molar-refractivity contribution in [3.05, 3.63) is 71.6 Å². The summed E-state index contributed by atoms with van der Waals surface area (Å²) in [5, 5.41) is 14.1. The maximum absolute atomic E-state index is 13.0. The second kappa shape index (κ2) is 10.5. The van der Waals surface area contributed by atoms with E-state index < -0.39 is 17.8 Å². The molecule has 0 unspecified atom stereocenters. The molecule has 2 aromatic carbocycles. The first kappa shape index (κ1) is 24.7. The minimum atomic E-state index is -4.49. The van der Waals surface area contributed by atoms with Gasteiger partial charge < -0.3 is 25.0 Å². The van der Waals surface area contributed by atoms with Gasteiger partial charge in [-0.2, -0.15) is 13.2 Å². The molecule has 1 amide bonds. The second-order valence-electron chi connectivity index (χ2n) is 7.31. The van der Waals surface area contributed by atoms with E-state index in [0.717, 1.165) is 12.1 Å². The largest absolute Gasteiger partial charge is 0.465 e. The van der Waals surface area contributed by atoms with Crippen molar-refractivity contribution in [2.24, 2.45) is 0 Å². The lowest BCUT2D eigenvalue weighted by atomic mass is 10.2. The molecule has 0 saturated carbocycles. The molecule has 12 heteroatoms. The van der Waals surface area contributed by atoms with Gasteiger partial charge in [0.2, 0.25) is 0 Å². The Morgan fingerprint density at radius 2 is 1.97 bits per heavy atom. The molecule has 0 fully saturated rings. The van der Waals surface area contributed by atoms with Crippen LogP contribution in [0.3, 0.4) is 0 Å². The van der Waals surface area contributed by atoms with E-state index >= 15 is 0 Å². The number of amides is 1. The maximum Gasteiger partial charge on any atom is 0.416 e. The lowest BCUT2D eigenvalue weighted by molar-refractivity contribution is -0.137. The van der Waals surface area contributed by atoms with E-state index in [9.17, 15) is 18.0 Å². The first-order chi connectivity index (χ1) is 17.2. The van der Waals surface area contributed by atoms with Crippen molar-refractivity contribution in [1.29, 1.82) is 0 Å². The number of halogens is 4. The van der Waals surface area contributed by atoms with Crippen molar-refractivity contribution >= 4 is 40.2 Å². The van der Waals surface area contributed by atoms with Gasteiger partial charge in [0, 0.05) is 11.9 Å². The third kappa shape index (κ3) is 5.97. The number of nitrogens with one attached hydrogen (secondary N) is 2. The van der Waals surface area contributed by atoms with Crippen LogP contribution in [0.5, 0.6) is 11.5 Å². The van der Waals surface area contributed by atoms with Crippen LogP contribution in [0.1, 0.15) is 5.56 Å². The van der Waals surface area contributed by atoms with E-state index in [1.807, 2.05) is 0 Å². The Morgan fingerprint density at radius 1 is 1.14 bits per heavy atom. The third-order valence-electron chi connectivity index (χ3n) is 4.84. The van der Waals surface area contributed by atoms with Crippen LogP contribution in [-0.2, 0) is 12.7 Å². The van der Waals surface area contributed by atoms with Crippen LogP contribution in [-0.4, -0.2) is 32.3 Å². The minimum absolute atomic E-state index is 0.00225. The number of nitrogens with zero attached hydrogens (tertiary/aromatic N) is 3. The molecule has 0 bridgehead atoms. The van der Waals surface area contributed by atoms with Crippen LogP contribution >= 0.6 is 11.6 Å². The van der Waals surface area contributed by atoms with Crippen molar-refractivity contribution in [1.82, 2.24) is 19.9 Å². The highest BCUT2D eigenvalue weighted by Crippen LogP contribution is 2.36. The fraction of sp³-hybridized carbons (Fsp3) is 0.125. The Balaban J connectivity index is 1.52. The van der Waals surface area contributed by atoms with Gasteiger partial charge in [-0.1, -0.05) is 29.5 Å². The molecule has 3 N–H and O–H groups in total. The second-order valence-corrected chi connectivity index (χ2v) is 7.72. The molecule has 4 rings (SSSR count). The van der Waals surface area contributed by atoms with Crippen LogP contribution in [0, 0.1) is 11.8 Å². The Hall–Kier alpha value is -4.43. The molecular formula is C24H17ClF3N5O3. The predicted octanol–water partition coefficient (Wildman–Crippen LogP) is 5.91. The molecule has 36 heavy (non-hydrogen) atoms. The van der Waals surface area contributed by atoms with Crippen LogP contribution in [0.2, 0.25) is 5.02 Å². The number of carboxylic acid groups (broad SMARTS) is 1. The van der Waals surface area contributed by atoms with Gasteiger partial charge in [0.15, 0.2) is 5.82 Å². The lowest BCUT2D eigenvalue weighted by Crippen LogP contribution is -2.20. The summed E-state index contributed by atoms with van der Waals surface area (Å²) in [4.78, 5) is 19.0. The van der Waals surface area contributed by atoms with Crippen molar-refractivity contribution in [2.75, 3.05) is 11.9 Å². The zero-order chi connectivity index (χ0) is 25.7. The Bertz CT molecular complexity index is 1480. The average Bonchev–Trinajstić information content (AvgIpc) is 3.24. The molecule has 0 spiro atoms. The summed E-state index contributed by atoms with van der Waals surface area (Å²) in [6.07, 6.45) is -2.47. The molecule has 2 aromatic heterocycles. The molecule has 0 saturated heterocycles. The Kier molecular flexibility index (Phi) is 7.17. The average molecular weight is 516 g/mol. The molecule has 4 aromatic rings. The number of benzene rings is 2. The van der Waals surface area contributed by atoms with Gasteiger partial charge in [-0.25, -0.2) is 14.8 Å². The van der Waals surface area contributed by atoms with Gasteiger partial charge in [-0.15, -0.1) is 0 Å². The van der Waals surface area contributed by atoms with E-state index in [1.165, 1.54) is 24.5 Å². The summed E-state index contributed by atoms with van der Waals surface area (Å²) in [6, 6.07) is 11.0. The fourth-order valence-electron chi connectivity index (χ4n) is 3.24. The SMILES string of the molecule is O=C(O)NCC#CCn1ccc2ncnc(Nc3ccc(Oc4cccc(C(F)(F)F)c4)c(Cl)c3)c21. The molecule has 0 aliphatic rings. The standard InChI is InChI=1S/C24H17ClF3N5O3/c25-18-13-16(6-7-20(18)36-17-5-3-4-15(12-17)24(26,27)28)32-22-21-19(30-14-31-22)8-11-33(21)10-2-1-9-29-23(34)35/h3-8,11-14,29H,9-10H2,(H,34,35)(H,30,31,32). The number of carbonyl (C=O) groups is 1. The molecule has 184 valence electrons. The number of ether oxygens (including phenoxy) is 1. The van der Waals surface area contributed by atoms with Crippen LogP contribution < -0.4 is 15.4 Å². The number of aromatic nitrogens is 3. The molecule has 0 radical (unpaired) electrons.